The number of nitrogens with one attached hydrogen (secondary N) is 1. The standard InChI is InChI=1S/C40H44F3N3O5/c1-4-5-20-50-21-22-51-33-13-9-28(10-14-33)29-11-16-36-31(23-29)24-30(17-19-45(36)26-27(2)3)39(48)44-32-12-15-34(35(25-32)40(41,42)43)38(47)37-8-6-7-18-46(37)49/h6-16,18,23-25,27,38,47H,4-5,17,19-22,26H2,1-3H3,(H,44,48)/t38-/m0/s1. The van der Waals surface area contributed by atoms with Crippen molar-refractivity contribution in [2.24, 2.45) is 5.92 Å². The molecule has 3 aromatic carbocycles. The van der Waals surface area contributed by atoms with Gasteiger partial charge in [-0.05, 0) is 84.0 Å². The fourth-order valence-electron chi connectivity index (χ4n) is 6.04. The van der Waals surface area contributed by atoms with Crippen LogP contribution in [0.15, 0.2) is 90.6 Å². The summed E-state index contributed by atoms with van der Waals surface area (Å²) in [5, 5.41) is 25.6. The van der Waals surface area contributed by atoms with Crippen LogP contribution in [0.25, 0.3) is 17.2 Å². The second-order valence-corrected chi connectivity index (χ2v) is 13.0. The van der Waals surface area contributed by atoms with Gasteiger partial charge in [-0.2, -0.15) is 17.9 Å². The lowest BCUT2D eigenvalue weighted by atomic mass is 9.98. The molecule has 0 saturated heterocycles. The molecule has 4 aromatic rings. The quantitative estimate of drug-likeness (QED) is 0.0782. The molecule has 0 fully saturated rings. The van der Waals surface area contributed by atoms with Crippen LogP contribution in [-0.4, -0.2) is 43.9 Å². The second kappa shape index (κ2) is 16.9. The molecule has 5 rings (SSSR count). The summed E-state index contributed by atoms with van der Waals surface area (Å²) in [5.41, 5.74) is 2.12. The molecule has 8 nitrogen and oxygen atoms in total. The van der Waals surface area contributed by atoms with Gasteiger partial charge in [0.1, 0.15) is 12.4 Å². The van der Waals surface area contributed by atoms with Gasteiger partial charge >= 0.3 is 6.18 Å². The molecule has 1 aliphatic heterocycles. The number of aromatic nitrogens is 1. The van der Waals surface area contributed by atoms with Crippen LogP contribution in [0.4, 0.5) is 24.5 Å². The number of rotatable bonds is 14. The van der Waals surface area contributed by atoms with E-state index in [2.05, 4.69) is 31.0 Å². The van der Waals surface area contributed by atoms with Crippen molar-refractivity contribution >= 4 is 23.4 Å². The van der Waals surface area contributed by atoms with E-state index in [1.54, 1.807) is 6.08 Å². The van der Waals surface area contributed by atoms with Crippen molar-refractivity contribution in [1.82, 2.24) is 0 Å². The van der Waals surface area contributed by atoms with Crippen molar-refractivity contribution in [3.8, 4) is 16.9 Å². The Bertz CT molecular complexity index is 1830. The molecule has 0 bridgehead atoms. The number of amides is 1. The summed E-state index contributed by atoms with van der Waals surface area (Å²) in [6.45, 7) is 9.36. The zero-order valence-electron chi connectivity index (χ0n) is 29.1. The molecule has 0 radical (unpaired) electrons. The Morgan fingerprint density at radius 3 is 2.47 bits per heavy atom. The Kier molecular flexibility index (Phi) is 12.4. The zero-order chi connectivity index (χ0) is 36.5. The summed E-state index contributed by atoms with van der Waals surface area (Å²) in [5.74, 6) is 0.554. The van der Waals surface area contributed by atoms with Crippen LogP contribution in [0.3, 0.4) is 0 Å². The molecule has 2 heterocycles. The monoisotopic (exact) mass is 703 g/mol. The lowest BCUT2D eigenvalue weighted by Gasteiger charge is -2.27. The number of hydrogen-bond acceptors (Lipinski definition) is 6. The number of carbonyl (C=O) groups is 1. The Morgan fingerprint density at radius 2 is 1.76 bits per heavy atom. The third-order valence-electron chi connectivity index (χ3n) is 8.60. The molecule has 11 heteroatoms. The van der Waals surface area contributed by atoms with Gasteiger partial charge in [0.05, 0.1) is 12.2 Å². The number of ether oxygens (including phenoxy) is 2. The first-order valence-electron chi connectivity index (χ1n) is 17.2. The zero-order valence-corrected chi connectivity index (χ0v) is 29.1. The molecule has 1 atom stereocenters. The van der Waals surface area contributed by atoms with Gasteiger partial charge in [-0.3, -0.25) is 4.79 Å². The minimum Gasteiger partial charge on any atom is -0.618 e. The van der Waals surface area contributed by atoms with Gasteiger partial charge < -0.3 is 30.0 Å². The molecule has 0 saturated carbocycles. The first-order valence-corrected chi connectivity index (χ1v) is 17.2. The number of fused-ring (bicyclic) bond motifs is 1. The third kappa shape index (κ3) is 9.68. The van der Waals surface area contributed by atoms with Crippen molar-refractivity contribution < 1.29 is 37.3 Å². The largest absolute Gasteiger partial charge is 0.618 e. The van der Waals surface area contributed by atoms with Crippen LogP contribution in [0.1, 0.15) is 68.5 Å². The molecule has 2 N–H and O–H groups in total. The Balaban J connectivity index is 1.38. The van der Waals surface area contributed by atoms with Crippen molar-refractivity contribution in [3.63, 3.8) is 0 Å². The van der Waals surface area contributed by atoms with E-state index < -0.39 is 29.3 Å². The molecular weight excluding hydrogens is 659 g/mol. The Hall–Kier alpha value is -4.87. The molecular formula is C40H44F3N3O5. The highest BCUT2D eigenvalue weighted by Crippen LogP contribution is 2.38. The van der Waals surface area contributed by atoms with Crippen LogP contribution >= 0.6 is 0 Å². The van der Waals surface area contributed by atoms with Gasteiger partial charge in [-0.1, -0.05) is 51.5 Å². The maximum atomic E-state index is 14.2. The number of carbonyl (C=O) groups excluding carboxylic acids is 1. The average Bonchev–Trinajstić information content (AvgIpc) is 3.28. The van der Waals surface area contributed by atoms with E-state index in [-0.39, 0.29) is 11.4 Å². The minimum atomic E-state index is -4.86. The fourth-order valence-corrected chi connectivity index (χ4v) is 6.04. The minimum absolute atomic E-state index is 0.0840. The first-order chi connectivity index (χ1) is 24.4. The number of benzene rings is 3. The van der Waals surface area contributed by atoms with Crippen molar-refractivity contribution in [3.05, 3.63) is 118 Å². The predicted molar refractivity (Wildman–Crippen MR) is 192 cm³/mol. The number of aliphatic hydroxyl groups excluding tert-OH is 1. The molecule has 270 valence electrons. The van der Waals surface area contributed by atoms with Crippen molar-refractivity contribution in [2.75, 3.05) is 43.1 Å². The van der Waals surface area contributed by atoms with Gasteiger partial charge in [-0.15, -0.1) is 0 Å². The van der Waals surface area contributed by atoms with E-state index >= 15 is 0 Å². The summed E-state index contributed by atoms with van der Waals surface area (Å²) >= 11 is 0. The van der Waals surface area contributed by atoms with Crippen molar-refractivity contribution in [2.45, 2.75) is 52.3 Å². The maximum absolute atomic E-state index is 14.2. The lowest BCUT2D eigenvalue weighted by molar-refractivity contribution is -0.617. The number of halogens is 3. The second-order valence-electron chi connectivity index (χ2n) is 13.0. The van der Waals surface area contributed by atoms with Crippen LogP contribution in [0, 0.1) is 11.1 Å². The lowest BCUT2D eigenvalue weighted by Crippen LogP contribution is -2.33. The molecule has 51 heavy (non-hydrogen) atoms. The Labute approximate surface area is 296 Å². The van der Waals surface area contributed by atoms with Gasteiger partial charge in [0.25, 0.3) is 5.91 Å². The Morgan fingerprint density at radius 1 is 1.00 bits per heavy atom. The van der Waals surface area contributed by atoms with Crippen LogP contribution in [-0.2, 0) is 15.7 Å². The summed E-state index contributed by atoms with van der Waals surface area (Å²) in [6, 6.07) is 21.2. The summed E-state index contributed by atoms with van der Waals surface area (Å²) in [4.78, 5) is 15.9. The number of hydrogen-bond donors (Lipinski definition) is 2. The summed E-state index contributed by atoms with van der Waals surface area (Å²) in [6.07, 6.45) is -1.31. The van der Waals surface area contributed by atoms with E-state index in [1.807, 2.05) is 42.5 Å². The van der Waals surface area contributed by atoms with E-state index in [9.17, 15) is 28.3 Å². The number of pyridine rings is 1. The number of aliphatic hydroxyl groups is 1. The topological polar surface area (TPSA) is 98.0 Å². The van der Waals surface area contributed by atoms with E-state index in [0.29, 0.717) is 42.4 Å². The van der Waals surface area contributed by atoms with Gasteiger partial charge in [0.15, 0.2) is 12.3 Å². The average molecular weight is 704 g/mol. The first kappa shape index (κ1) is 37.4. The highest BCUT2D eigenvalue weighted by Gasteiger charge is 2.37. The fraction of sp³-hybridized carbons (Fsp3) is 0.350. The maximum Gasteiger partial charge on any atom is 0.416 e. The smallest absolute Gasteiger partial charge is 0.416 e. The van der Waals surface area contributed by atoms with Crippen LogP contribution < -0.4 is 19.7 Å². The van der Waals surface area contributed by atoms with Gasteiger partial charge in [0, 0.05) is 54.3 Å². The number of unbranched alkanes of at least 4 members (excludes halogenated alkanes) is 1. The molecule has 1 amide bonds. The molecule has 1 aromatic heterocycles. The number of nitrogens with zero attached hydrogens (tertiary/aromatic N) is 2. The molecule has 0 aliphatic carbocycles. The molecule has 0 unspecified atom stereocenters. The highest BCUT2D eigenvalue weighted by atomic mass is 19.4. The molecule has 1 aliphatic rings. The summed E-state index contributed by atoms with van der Waals surface area (Å²) in [7, 11) is 0. The number of alkyl halides is 3. The SMILES string of the molecule is CCCCOCCOc1ccc(-c2ccc3c(c2)C=C(C(=O)Nc2ccc([C@H](O)c4cccc[n+]4[O-])c(C(F)(F)F)c2)CCN3CC(C)C)cc1. The van der Waals surface area contributed by atoms with Gasteiger partial charge in [0.2, 0.25) is 5.69 Å². The van der Waals surface area contributed by atoms with Crippen molar-refractivity contribution in [1.29, 1.82) is 0 Å². The normalized spacial score (nSPS) is 13.7. The van der Waals surface area contributed by atoms with Crippen LogP contribution in [0.5, 0.6) is 5.75 Å². The third-order valence-corrected chi connectivity index (χ3v) is 8.60. The van der Waals surface area contributed by atoms with E-state index in [4.69, 9.17) is 9.47 Å². The highest BCUT2D eigenvalue weighted by molar-refractivity contribution is 6.07. The number of anilines is 2. The summed E-state index contributed by atoms with van der Waals surface area (Å²) < 4.78 is 54.4. The van der Waals surface area contributed by atoms with E-state index in [1.165, 1.54) is 24.3 Å². The predicted octanol–water partition coefficient (Wildman–Crippen LogP) is 8.17. The van der Waals surface area contributed by atoms with E-state index in [0.717, 1.165) is 72.5 Å². The van der Waals surface area contributed by atoms with Crippen LogP contribution in [0.2, 0.25) is 0 Å². The van der Waals surface area contributed by atoms with Gasteiger partial charge in [-0.25, -0.2) is 0 Å². The molecule has 0 spiro atoms.